The van der Waals surface area contributed by atoms with Crippen LogP contribution in [0.1, 0.15) is 85.5 Å². The average molecular weight is 467 g/mol. The molecule has 2 unspecified atom stereocenters. The third-order valence-corrected chi connectivity index (χ3v) is 9.50. The summed E-state index contributed by atoms with van der Waals surface area (Å²) in [6.07, 6.45) is 10.3. The van der Waals surface area contributed by atoms with Crippen LogP contribution in [0.3, 0.4) is 0 Å². The fourth-order valence-electron chi connectivity index (χ4n) is 4.62. The first-order valence-electron chi connectivity index (χ1n) is 12.3. The summed E-state index contributed by atoms with van der Waals surface area (Å²) in [5.74, 6) is 12.2. The van der Waals surface area contributed by atoms with Crippen molar-refractivity contribution < 1.29 is 9.05 Å². The van der Waals surface area contributed by atoms with E-state index in [0.717, 1.165) is 43.6 Å². The molecule has 2 aliphatic rings. The van der Waals surface area contributed by atoms with Gasteiger partial charge < -0.3 is 9.05 Å². The Balaban J connectivity index is 1.52. The van der Waals surface area contributed by atoms with Gasteiger partial charge in [-0.25, -0.2) is 4.67 Å². The SMILES string of the molecule is CC(C)N(C(C)C)P(OCCC#N)OCCCCCCSCC1[C@H]2CCC#CCC[C@@H]12. The van der Waals surface area contributed by atoms with Gasteiger partial charge in [-0.1, -0.05) is 12.8 Å². The normalized spacial score (nSPS) is 23.6. The van der Waals surface area contributed by atoms with Crippen LogP contribution in [0.4, 0.5) is 0 Å². The van der Waals surface area contributed by atoms with E-state index in [0.29, 0.717) is 25.1 Å². The number of nitrogens with zero attached hydrogens (tertiary/aromatic N) is 2. The van der Waals surface area contributed by atoms with E-state index in [-0.39, 0.29) is 0 Å². The summed E-state index contributed by atoms with van der Waals surface area (Å²) < 4.78 is 14.4. The second-order valence-corrected chi connectivity index (χ2v) is 11.9. The second-order valence-electron chi connectivity index (χ2n) is 9.29. The van der Waals surface area contributed by atoms with Crippen LogP contribution in [-0.2, 0) is 9.05 Å². The van der Waals surface area contributed by atoms with Gasteiger partial charge in [0.15, 0.2) is 0 Å². The van der Waals surface area contributed by atoms with Crippen molar-refractivity contribution in [2.75, 3.05) is 24.7 Å². The van der Waals surface area contributed by atoms with E-state index >= 15 is 0 Å². The van der Waals surface area contributed by atoms with Crippen molar-refractivity contribution in [3.63, 3.8) is 0 Å². The molecular formula is C25H43N2O2PS. The quantitative estimate of drug-likeness (QED) is 0.139. The van der Waals surface area contributed by atoms with Gasteiger partial charge in [-0.15, -0.1) is 11.8 Å². The Labute approximate surface area is 197 Å². The summed E-state index contributed by atoms with van der Waals surface area (Å²) in [5.41, 5.74) is 0. The largest absolute Gasteiger partial charge is 0.322 e. The molecule has 0 aromatic rings. The molecule has 0 amide bonds. The first-order chi connectivity index (χ1) is 15.1. The first kappa shape index (κ1) is 27.0. The zero-order chi connectivity index (χ0) is 22.5. The van der Waals surface area contributed by atoms with Crippen molar-refractivity contribution >= 4 is 20.3 Å². The van der Waals surface area contributed by atoms with Crippen molar-refractivity contribution in [3.8, 4) is 17.9 Å². The summed E-state index contributed by atoms with van der Waals surface area (Å²) in [7, 11) is -1.09. The molecule has 31 heavy (non-hydrogen) atoms. The lowest BCUT2D eigenvalue weighted by Gasteiger charge is -2.35. The minimum absolute atomic E-state index is 0.363. The molecule has 0 saturated heterocycles. The number of hydrogen-bond donors (Lipinski definition) is 0. The maximum Gasteiger partial charge on any atom is 0.259 e. The standard InChI is InChI=1S/C25H43N2O2PS/c1-21(2)27(22(3)4)30(29-18-13-16-26)28-17-11-7-8-12-19-31-20-25-23-14-9-5-6-10-15-24(23)25/h21-25H,7-15,17-20H2,1-4H3/t23-,24+,25?,30?. The molecular weight excluding hydrogens is 423 g/mol. The Morgan fingerprint density at radius 2 is 1.58 bits per heavy atom. The van der Waals surface area contributed by atoms with Crippen molar-refractivity contribution in [3.05, 3.63) is 0 Å². The monoisotopic (exact) mass is 466 g/mol. The molecule has 4 nitrogen and oxygen atoms in total. The zero-order valence-corrected chi connectivity index (χ0v) is 21.9. The highest BCUT2D eigenvalue weighted by atomic mass is 32.2. The first-order valence-corrected chi connectivity index (χ1v) is 14.6. The van der Waals surface area contributed by atoms with Gasteiger partial charge >= 0.3 is 0 Å². The number of rotatable bonds is 16. The van der Waals surface area contributed by atoms with E-state index in [4.69, 9.17) is 14.3 Å². The summed E-state index contributed by atoms with van der Waals surface area (Å²) >= 11 is 2.17. The molecule has 0 heterocycles. The van der Waals surface area contributed by atoms with E-state index in [1.807, 2.05) is 0 Å². The van der Waals surface area contributed by atoms with Crippen LogP contribution in [-0.4, -0.2) is 41.5 Å². The molecule has 0 aromatic carbocycles. The Morgan fingerprint density at radius 3 is 2.19 bits per heavy atom. The third-order valence-electron chi connectivity index (χ3n) is 6.20. The molecule has 4 atom stereocenters. The molecule has 2 aliphatic carbocycles. The van der Waals surface area contributed by atoms with Crippen LogP contribution in [0.5, 0.6) is 0 Å². The molecule has 176 valence electrons. The highest BCUT2D eigenvalue weighted by Crippen LogP contribution is 2.53. The fourth-order valence-corrected chi connectivity index (χ4v) is 7.59. The average Bonchev–Trinajstić information content (AvgIpc) is 3.34. The lowest BCUT2D eigenvalue weighted by atomic mass is 10.1. The molecule has 1 saturated carbocycles. The molecule has 0 radical (unpaired) electrons. The Hall–Kier alpha value is -0.290. The highest BCUT2D eigenvalue weighted by Gasteiger charge is 2.47. The molecule has 0 aliphatic heterocycles. The number of thioether (sulfide) groups is 1. The van der Waals surface area contributed by atoms with Crippen molar-refractivity contribution in [2.45, 2.75) is 97.6 Å². The van der Waals surface area contributed by atoms with Crippen LogP contribution >= 0.6 is 20.3 Å². The number of hydrogen-bond acceptors (Lipinski definition) is 5. The van der Waals surface area contributed by atoms with Gasteiger partial charge in [-0.3, -0.25) is 0 Å². The van der Waals surface area contributed by atoms with Crippen LogP contribution in [0, 0.1) is 40.9 Å². The van der Waals surface area contributed by atoms with Gasteiger partial charge in [0.2, 0.25) is 0 Å². The van der Waals surface area contributed by atoms with Crippen LogP contribution in [0.2, 0.25) is 0 Å². The van der Waals surface area contributed by atoms with E-state index in [1.165, 1.54) is 43.6 Å². The highest BCUT2D eigenvalue weighted by molar-refractivity contribution is 7.99. The number of unbranched alkanes of at least 4 members (excludes halogenated alkanes) is 3. The molecule has 0 spiro atoms. The van der Waals surface area contributed by atoms with Crippen molar-refractivity contribution in [2.24, 2.45) is 17.8 Å². The van der Waals surface area contributed by atoms with E-state index in [2.05, 4.69) is 62.0 Å². The van der Waals surface area contributed by atoms with Gasteiger partial charge in [0.05, 0.1) is 25.7 Å². The van der Waals surface area contributed by atoms with Crippen molar-refractivity contribution in [1.82, 2.24) is 4.67 Å². The molecule has 6 heteroatoms. The van der Waals surface area contributed by atoms with Gasteiger partial charge in [-0.2, -0.15) is 17.0 Å². The van der Waals surface area contributed by atoms with Gasteiger partial charge in [0.25, 0.3) is 8.53 Å². The lowest BCUT2D eigenvalue weighted by Crippen LogP contribution is -2.33. The summed E-state index contributed by atoms with van der Waals surface area (Å²) in [6, 6.07) is 2.88. The smallest absolute Gasteiger partial charge is 0.259 e. The Kier molecular flexibility index (Phi) is 13.5. The Morgan fingerprint density at radius 1 is 0.968 bits per heavy atom. The summed E-state index contributed by atoms with van der Waals surface area (Å²) in [6.45, 7) is 9.91. The predicted molar refractivity (Wildman–Crippen MR) is 134 cm³/mol. The molecule has 0 aromatic heterocycles. The second kappa shape index (κ2) is 15.5. The van der Waals surface area contributed by atoms with E-state index < -0.39 is 8.53 Å². The lowest BCUT2D eigenvalue weighted by molar-refractivity contribution is 0.174. The summed E-state index contributed by atoms with van der Waals surface area (Å²) in [4.78, 5) is 0. The zero-order valence-electron chi connectivity index (χ0n) is 20.1. The molecule has 0 bridgehead atoms. The van der Waals surface area contributed by atoms with Crippen LogP contribution in [0.25, 0.3) is 0 Å². The Bertz CT molecular complexity index is 573. The van der Waals surface area contributed by atoms with E-state index in [9.17, 15) is 0 Å². The number of fused-ring (bicyclic) bond motifs is 1. The molecule has 1 fully saturated rings. The van der Waals surface area contributed by atoms with Gasteiger partial charge in [0.1, 0.15) is 0 Å². The number of nitriles is 1. The summed E-state index contributed by atoms with van der Waals surface area (Å²) in [5, 5.41) is 8.80. The molecule has 0 N–H and O–H groups in total. The van der Waals surface area contributed by atoms with Gasteiger partial charge in [0, 0.05) is 24.9 Å². The maximum absolute atomic E-state index is 8.80. The minimum atomic E-state index is -1.09. The fraction of sp³-hybridized carbons (Fsp3) is 0.880. The predicted octanol–water partition coefficient (Wildman–Crippen LogP) is 7.01. The van der Waals surface area contributed by atoms with Crippen LogP contribution in [0.15, 0.2) is 0 Å². The van der Waals surface area contributed by atoms with Crippen LogP contribution < -0.4 is 0 Å². The van der Waals surface area contributed by atoms with Crippen molar-refractivity contribution in [1.29, 1.82) is 5.26 Å². The van der Waals surface area contributed by atoms with E-state index in [1.54, 1.807) is 0 Å². The maximum atomic E-state index is 8.80. The topological polar surface area (TPSA) is 45.5 Å². The van der Waals surface area contributed by atoms with Gasteiger partial charge in [-0.05, 0) is 82.6 Å². The minimum Gasteiger partial charge on any atom is -0.322 e. The third kappa shape index (κ3) is 10.0. The molecule has 2 rings (SSSR count).